The zero-order chi connectivity index (χ0) is 19.2. The number of methoxy groups -OCH3 is 1. The Bertz CT molecular complexity index is 1050. The largest absolute Gasteiger partial charge is 0.496 e. The first-order chi connectivity index (χ1) is 13.8. The lowest BCUT2D eigenvalue weighted by Gasteiger charge is -2.10. The average Bonchev–Trinajstić information content (AvgIpc) is 2.78. The minimum atomic E-state index is 0.912. The maximum absolute atomic E-state index is 5.52. The fraction of sp³-hybridized carbons (Fsp3) is 0.111. The molecule has 0 unspecified atom stereocenters. The quantitative estimate of drug-likeness (QED) is 0.365. The van der Waals surface area contributed by atoms with Crippen LogP contribution in [0.5, 0.6) is 5.75 Å². The minimum Gasteiger partial charge on any atom is -0.496 e. The smallest absolute Gasteiger partial charge is 0.126 e. The van der Waals surface area contributed by atoms with Gasteiger partial charge in [0, 0.05) is 5.56 Å². The van der Waals surface area contributed by atoms with Crippen LogP contribution in [-0.2, 0) is 12.8 Å². The van der Waals surface area contributed by atoms with Crippen LogP contribution >= 0.6 is 0 Å². The maximum Gasteiger partial charge on any atom is 0.126 e. The Hall–Kier alpha value is -3.32. The molecule has 0 aliphatic rings. The molecule has 4 rings (SSSR count). The molecule has 0 aliphatic carbocycles. The van der Waals surface area contributed by atoms with E-state index in [2.05, 4.69) is 91.0 Å². The van der Waals surface area contributed by atoms with E-state index < -0.39 is 0 Å². The molecule has 0 fully saturated rings. The number of rotatable bonds is 6. The van der Waals surface area contributed by atoms with Crippen molar-refractivity contribution in [1.82, 2.24) is 0 Å². The lowest BCUT2D eigenvalue weighted by atomic mass is 9.97. The third kappa shape index (κ3) is 4.15. The first-order valence-corrected chi connectivity index (χ1v) is 9.70. The number of ether oxygens (including phenoxy) is 1. The van der Waals surface area contributed by atoms with Gasteiger partial charge in [-0.25, -0.2) is 0 Å². The predicted molar refractivity (Wildman–Crippen MR) is 118 cm³/mol. The van der Waals surface area contributed by atoms with E-state index in [0.29, 0.717) is 0 Å². The molecular formula is C27H24O. The summed E-state index contributed by atoms with van der Waals surface area (Å²) in [6, 6.07) is 36.4. The molecule has 0 saturated heterocycles. The highest BCUT2D eigenvalue weighted by Crippen LogP contribution is 2.30. The van der Waals surface area contributed by atoms with Gasteiger partial charge in [-0.1, -0.05) is 97.1 Å². The molecule has 4 aromatic rings. The molecule has 1 heteroatoms. The first-order valence-electron chi connectivity index (χ1n) is 9.70. The third-order valence-corrected chi connectivity index (χ3v) is 5.08. The van der Waals surface area contributed by atoms with Crippen LogP contribution in [0.2, 0.25) is 0 Å². The van der Waals surface area contributed by atoms with E-state index >= 15 is 0 Å². The van der Waals surface area contributed by atoms with Crippen molar-refractivity contribution in [2.24, 2.45) is 0 Å². The molecule has 0 aliphatic heterocycles. The Kier molecular flexibility index (Phi) is 5.53. The molecule has 0 spiro atoms. The van der Waals surface area contributed by atoms with Gasteiger partial charge < -0.3 is 4.74 Å². The van der Waals surface area contributed by atoms with Crippen LogP contribution in [-0.4, -0.2) is 7.11 Å². The Morgan fingerprint density at radius 2 is 1.11 bits per heavy atom. The van der Waals surface area contributed by atoms with E-state index in [1.165, 1.54) is 27.8 Å². The highest BCUT2D eigenvalue weighted by atomic mass is 16.5. The van der Waals surface area contributed by atoms with Crippen molar-refractivity contribution in [3.63, 3.8) is 0 Å². The van der Waals surface area contributed by atoms with Crippen molar-refractivity contribution < 1.29 is 4.74 Å². The Balaban J connectivity index is 1.52. The highest BCUT2D eigenvalue weighted by molar-refractivity contribution is 5.71. The lowest BCUT2D eigenvalue weighted by Crippen LogP contribution is -1.93. The van der Waals surface area contributed by atoms with Gasteiger partial charge in [0.15, 0.2) is 0 Å². The van der Waals surface area contributed by atoms with Gasteiger partial charge in [-0.2, -0.15) is 0 Å². The molecule has 4 aromatic carbocycles. The zero-order valence-electron chi connectivity index (χ0n) is 16.1. The SMILES string of the molecule is COc1ccccc1-c1cccc(CCc2cccc(-c3ccccc3)c2)c1. The summed E-state index contributed by atoms with van der Waals surface area (Å²) in [4.78, 5) is 0. The minimum absolute atomic E-state index is 0.912. The second kappa shape index (κ2) is 8.58. The van der Waals surface area contributed by atoms with Gasteiger partial charge in [0.1, 0.15) is 5.75 Å². The molecule has 0 aromatic heterocycles. The van der Waals surface area contributed by atoms with Gasteiger partial charge in [-0.05, 0) is 46.7 Å². The predicted octanol–water partition coefficient (Wildman–Crippen LogP) is 6.81. The molecule has 1 nitrogen and oxygen atoms in total. The van der Waals surface area contributed by atoms with E-state index in [0.717, 1.165) is 24.2 Å². The van der Waals surface area contributed by atoms with E-state index in [1.807, 2.05) is 12.1 Å². The molecule has 0 atom stereocenters. The summed E-state index contributed by atoms with van der Waals surface area (Å²) >= 11 is 0. The van der Waals surface area contributed by atoms with Gasteiger partial charge in [-0.3, -0.25) is 0 Å². The standard InChI is InChI=1S/C27H24O/c1-28-27-16-6-5-15-26(27)25-14-8-10-22(20-25)18-17-21-9-7-13-24(19-21)23-11-3-2-4-12-23/h2-16,19-20H,17-18H2,1H3. The second-order valence-corrected chi connectivity index (χ2v) is 6.97. The summed E-state index contributed by atoms with van der Waals surface area (Å²) in [5.41, 5.74) is 7.59. The summed E-state index contributed by atoms with van der Waals surface area (Å²) in [6.07, 6.45) is 2.04. The van der Waals surface area contributed by atoms with Crippen LogP contribution in [0.15, 0.2) is 103 Å². The van der Waals surface area contributed by atoms with Gasteiger partial charge in [-0.15, -0.1) is 0 Å². The van der Waals surface area contributed by atoms with Crippen LogP contribution in [0.3, 0.4) is 0 Å². The lowest BCUT2D eigenvalue weighted by molar-refractivity contribution is 0.416. The van der Waals surface area contributed by atoms with Gasteiger partial charge >= 0.3 is 0 Å². The Morgan fingerprint density at radius 1 is 0.536 bits per heavy atom. The first kappa shape index (κ1) is 18.1. The molecule has 28 heavy (non-hydrogen) atoms. The summed E-state index contributed by atoms with van der Waals surface area (Å²) in [5, 5.41) is 0. The average molecular weight is 364 g/mol. The molecule has 0 amide bonds. The van der Waals surface area contributed by atoms with Gasteiger partial charge in [0.2, 0.25) is 0 Å². The third-order valence-electron chi connectivity index (χ3n) is 5.08. The van der Waals surface area contributed by atoms with Crippen molar-refractivity contribution in [3.8, 4) is 28.0 Å². The van der Waals surface area contributed by atoms with Crippen LogP contribution in [0.1, 0.15) is 11.1 Å². The number of para-hydroxylation sites is 1. The van der Waals surface area contributed by atoms with E-state index in [-0.39, 0.29) is 0 Å². The van der Waals surface area contributed by atoms with Gasteiger partial charge in [0.05, 0.1) is 7.11 Å². The summed E-state index contributed by atoms with van der Waals surface area (Å²) in [6.45, 7) is 0. The van der Waals surface area contributed by atoms with Gasteiger partial charge in [0.25, 0.3) is 0 Å². The number of aryl methyl sites for hydroxylation is 2. The Labute approximate surface area is 167 Å². The van der Waals surface area contributed by atoms with E-state index in [9.17, 15) is 0 Å². The molecule has 0 heterocycles. The molecule has 138 valence electrons. The zero-order valence-corrected chi connectivity index (χ0v) is 16.1. The van der Waals surface area contributed by atoms with Crippen molar-refractivity contribution >= 4 is 0 Å². The number of hydrogen-bond acceptors (Lipinski definition) is 1. The highest BCUT2D eigenvalue weighted by Gasteiger charge is 2.06. The fourth-order valence-electron chi connectivity index (χ4n) is 3.60. The van der Waals surface area contributed by atoms with Crippen molar-refractivity contribution in [2.45, 2.75) is 12.8 Å². The number of benzene rings is 4. The Morgan fingerprint density at radius 3 is 1.82 bits per heavy atom. The van der Waals surface area contributed by atoms with Crippen LogP contribution in [0, 0.1) is 0 Å². The molecule has 0 N–H and O–H groups in total. The molecule has 0 radical (unpaired) electrons. The normalized spacial score (nSPS) is 10.6. The van der Waals surface area contributed by atoms with Crippen LogP contribution < -0.4 is 4.74 Å². The topological polar surface area (TPSA) is 9.23 Å². The van der Waals surface area contributed by atoms with Crippen molar-refractivity contribution in [2.75, 3.05) is 7.11 Å². The molecule has 0 bridgehead atoms. The van der Waals surface area contributed by atoms with Crippen molar-refractivity contribution in [1.29, 1.82) is 0 Å². The fourth-order valence-corrected chi connectivity index (χ4v) is 3.60. The van der Waals surface area contributed by atoms with Crippen LogP contribution in [0.4, 0.5) is 0 Å². The van der Waals surface area contributed by atoms with Crippen LogP contribution in [0.25, 0.3) is 22.3 Å². The maximum atomic E-state index is 5.52. The second-order valence-electron chi connectivity index (χ2n) is 6.97. The van der Waals surface area contributed by atoms with Crippen molar-refractivity contribution in [3.05, 3.63) is 114 Å². The monoisotopic (exact) mass is 364 g/mol. The number of hydrogen-bond donors (Lipinski definition) is 0. The summed E-state index contributed by atoms with van der Waals surface area (Å²) < 4.78 is 5.52. The summed E-state index contributed by atoms with van der Waals surface area (Å²) in [7, 11) is 1.72. The van der Waals surface area contributed by atoms with E-state index in [4.69, 9.17) is 4.74 Å². The summed E-state index contributed by atoms with van der Waals surface area (Å²) in [5.74, 6) is 0.912. The molecular weight excluding hydrogens is 340 g/mol. The van der Waals surface area contributed by atoms with E-state index in [1.54, 1.807) is 7.11 Å². The molecule has 0 saturated carbocycles.